The summed E-state index contributed by atoms with van der Waals surface area (Å²) < 4.78 is 0. The summed E-state index contributed by atoms with van der Waals surface area (Å²) in [7, 11) is 0. The van der Waals surface area contributed by atoms with Gasteiger partial charge < -0.3 is 9.80 Å². The summed E-state index contributed by atoms with van der Waals surface area (Å²) in [5, 5.41) is 9.92. The zero-order valence-electron chi connectivity index (χ0n) is 32.0. The van der Waals surface area contributed by atoms with Gasteiger partial charge in [-0.1, -0.05) is 159 Å². The van der Waals surface area contributed by atoms with Crippen molar-refractivity contribution in [1.29, 1.82) is 0 Å². The summed E-state index contributed by atoms with van der Waals surface area (Å²) in [5.41, 5.74) is 11.9. The summed E-state index contributed by atoms with van der Waals surface area (Å²) in [6, 6.07) is 75.6. The highest BCUT2D eigenvalue weighted by molar-refractivity contribution is 6.17. The van der Waals surface area contributed by atoms with Gasteiger partial charge in [0, 0.05) is 38.9 Å². The molecule has 10 aromatic rings. The Balaban J connectivity index is 1.18. The topological polar surface area (TPSA) is 6.48 Å². The van der Waals surface area contributed by atoms with Crippen molar-refractivity contribution in [2.45, 2.75) is 19.3 Å². The molecule has 0 fully saturated rings. The van der Waals surface area contributed by atoms with E-state index < -0.39 is 0 Å². The molecule has 0 heterocycles. The van der Waals surface area contributed by atoms with E-state index in [-0.39, 0.29) is 5.41 Å². The number of anilines is 6. The molecule has 11 rings (SSSR count). The Labute approximate surface area is 333 Å². The minimum Gasteiger partial charge on any atom is -0.310 e. The van der Waals surface area contributed by atoms with Crippen LogP contribution in [0.5, 0.6) is 0 Å². The van der Waals surface area contributed by atoms with Crippen molar-refractivity contribution in [3.63, 3.8) is 0 Å². The fourth-order valence-electron chi connectivity index (χ4n) is 9.39. The third-order valence-electron chi connectivity index (χ3n) is 12.1. The third-order valence-corrected chi connectivity index (χ3v) is 12.1. The maximum Gasteiger partial charge on any atom is 0.0543 e. The highest BCUT2D eigenvalue weighted by Gasteiger charge is 2.40. The van der Waals surface area contributed by atoms with Gasteiger partial charge >= 0.3 is 0 Å². The van der Waals surface area contributed by atoms with Crippen LogP contribution in [0.1, 0.15) is 25.0 Å². The van der Waals surface area contributed by atoms with E-state index in [0.717, 1.165) is 22.7 Å². The van der Waals surface area contributed by atoms with E-state index in [1.807, 2.05) is 0 Å². The van der Waals surface area contributed by atoms with Crippen LogP contribution in [0.15, 0.2) is 206 Å². The molecule has 0 saturated carbocycles. The molecule has 2 heteroatoms. The van der Waals surface area contributed by atoms with Gasteiger partial charge in [-0.25, -0.2) is 0 Å². The first-order valence-electron chi connectivity index (χ1n) is 19.9. The Morgan fingerprint density at radius 3 is 1.07 bits per heavy atom. The number of nitrogens with zero attached hydrogens (tertiary/aromatic N) is 2. The first-order chi connectivity index (χ1) is 28.0. The van der Waals surface area contributed by atoms with Gasteiger partial charge in [0.1, 0.15) is 0 Å². The Hall–Kier alpha value is -7.16. The molecule has 0 unspecified atom stereocenters. The van der Waals surface area contributed by atoms with Crippen molar-refractivity contribution in [3.8, 4) is 11.1 Å². The third kappa shape index (κ3) is 5.25. The normalized spacial score (nSPS) is 12.9. The molecule has 0 N–H and O–H groups in total. The van der Waals surface area contributed by atoms with Crippen LogP contribution in [0.3, 0.4) is 0 Å². The lowest BCUT2D eigenvalue weighted by Gasteiger charge is -2.30. The van der Waals surface area contributed by atoms with Gasteiger partial charge in [0.05, 0.1) is 11.4 Å². The molecular weight excluding hydrogens is 689 g/mol. The van der Waals surface area contributed by atoms with Crippen LogP contribution in [0.25, 0.3) is 54.2 Å². The maximum absolute atomic E-state index is 2.49. The molecule has 0 aromatic heterocycles. The van der Waals surface area contributed by atoms with E-state index >= 15 is 0 Å². The predicted molar refractivity (Wildman–Crippen MR) is 243 cm³/mol. The van der Waals surface area contributed by atoms with Crippen molar-refractivity contribution in [3.05, 3.63) is 217 Å². The van der Waals surface area contributed by atoms with Crippen molar-refractivity contribution < 1.29 is 0 Å². The van der Waals surface area contributed by atoms with Crippen LogP contribution in [0.2, 0.25) is 0 Å². The van der Waals surface area contributed by atoms with Crippen LogP contribution >= 0.6 is 0 Å². The summed E-state index contributed by atoms with van der Waals surface area (Å²) in [5.74, 6) is 0. The zero-order valence-corrected chi connectivity index (χ0v) is 32.0. The van der Waals surface area contributed by atoms with Crippen LogP contribution in [0.4, 0.5) is 34.1 Å². The number of fused-ring (bicyclic) bond motifs is 9. The SMILES string of the molecule is CC1(C)c2cc(N(c3ccccc3)c3ccc4ccccc4c3)c3ccccc3c2-c2c1cc(N(c1ccccc1)c1ccc3ccccc3c1)c1ccccc21. The largest absolute Gasteiger partial charge is 0.310 e. The molecule has 0 saturated heterocycles. The van der Waals surface area contributed by atoms with Gasteiger partial charge in [-0.05, 0) is 115 Å². The summed E-state index contributed by atoms with van der Waals surface area (Å²) in [6.45, 7) is 4.83. The fourth-order valence-corrected chi connectivity index (χ4v) is 9.39. The van der Waals surface area contributed by atoms with Crippen molar-refractivity contribution in [2.75, 3.05) is 9.80 Å². The van der Waals surface area contributed by atoms with E-state index in [1.165, 1.54) is 76.7 Å². The molecule has 0 bridgehead atoms. The van der Waals surface area contributed by atoms with Crippen LogP contribution in [0, 0.1) is 0 Å². The first-order valence-corrected chi connectivity index (χ1v) is 19.9. The lowest BCUT2D eigenvalue weighted by atomic mass is 9.81. The van der Waals surface area contributed by atoms with Gasteiger partial charge in [0.25, 0.3) is 0 Å². The van der Waals surface area contributed by atoms with Gasteiger partial charge in [-0.2, -0.15) is 0 Å². The summed E-state index contributed by atoms with van der Waals surface area (Å²) >= 11 is 0. The molecule has 0 atom stereocenters. The molecule has 0 radical (unpaired) electrons. The first kappa shape index (κ1) is 33.2. The lowest BCUT2D eigenvalue weighted by molar-refractivity contribution is 0.661. The van der Waals surface area contributed by atoms with Gasteiger partial charge in [-0.3, -0.25) is 0 Å². The second-order valence-corrected chi connectivity index (χ2v) is 15.8. The van der Waals surface area contributed by atoms with Crippen molar-refractivity contribution >= 4 is 77.2 Å². The molecule has 1 aliphatic rings. The minimum atomic E-state index is -0.306. The zero-order chi connectivity index (χ0) is 38.1. The lowest BCUT2D eigenvalue weighted by Crippen LogP contribution is -2.18. The summed E-state index contributed by atoms with van der Waals surface area (Å²) in [4.78, 5) is 4.91. The molecular formula is C55H40N2. The quantitative estimate of drug-likeness (QED) is 0.168. The molecule has 10 aromatic carbocycles. The standard InChI is InChI=1S/C55H40N2/c1-55(2)49-35-51(56(41-21-5-3-6-22-41)43-31-29-37-17-9-11-19-39(37)33-43)45-25-13-15-27-47(45)53(49)54-48-28-16-14-26-46(48)52(36-50(54)55)57(42-23-7-4-8-24-42)44-32-30-38-18-10-12-20-40(38)34-44/h3-36H,1-2H3. The monoisotopic (exact) mass is 728 g/mol. The number of para-hydroxylation sites is 2. The average Bonchev–Trinajstić information content (AvgIpc) is 3.50. The Morgan fingerprint density at radius 1 is 0.298 bits per heavy atom. The molecule has 0 amide bonds. The van der Waals surface area contributed by atoms with Crippen molar-refractivity contribution in [1.82, 2.24) is 0 Å². The van der Waals surface area contributed by atoms with E-state index in [4.69, 9.17) is 0 Å². The number of hydrogen-bond donors (Lipinski definition) is 0. The number of rotatable bonds is 6. The Kier molecular flexibility index (Phi) is 7.55. The second kappa shape index (κ2) is 13.0. The van der Waals surface area contributed by atoms with E-state index in [1.54, 1.807) is 0 Å². The van der Waals surface area contributed by atoms with Crippen LogP contribution in [-0.2, 0) is 5.41 Å². The van der Waals surface area contributed by atoms with Crippen molar-refractivity contribution in [2.24, 2.45) is 0 Å². The highest BCUT2D eigenvalue weighted by atomic mass is 15.1. The Bertz CT molecular complexity index is 2950. The molecule has 270 valence electrons. The van der Waals surface area contributed by atoms with Gasteiger partial charge in [0.15, 0.2) is 0 Å². The van der Waals surface area contributed by atoms with E-state index in [0.29, 0.717) is 0 Å². The average molecular weight is 729 g/mol. The van der Waals surface area contributed by atoms with E-state index in [9.17, 15) is 0 Å². The van der Waals surface area contributed by atoms with Crippen LogP contribution < -0.4 is 9.80 Å². The van der Waals surface area contributed by atoms with E-state index in [2.05, 4.69) is 230 Å². The smallest absolute Gasteiger partial charge is 0.0543 e. The maximum atomic E-state index is 2.49. The van der Waals surface area contributed by atoms with Gasteiger partial charge in [-0.15, -0.1) is 0 Å². The molecule has 2 nitrogen and oxygen atoms in total. The summed E-state index contributed by atoms with van der Waals surface area (Å²) in [6.07, 6.45) is 0. The second-order valence-electron chi connectivity index (χ2n) is 15.8. The molecule has 0 aliphatic heterocycles. The Morgan fingerprint density at radius 2 is 0.649 bits per heavy atom. The predicted octanol–water partition coefficient (Wildman–Crippen LogP) is 15.5. The molecule has 1 aliphatic carbocycles. The molecule has 0 spiro atoms. The molecule has 57 heavy (non-hydrogen) atoms. The number of benzene rings is 10. The fraction of sp³-hybridized carbons (Fsp3) is 0.0545. The van der Waals surface area contributed by atoms with Gasteiger partial charge in [0.2, 0.25) is 0 Å². The number of hydrogen-bond acceptors (Lipinski definition) is 2. The highest BCUT2D eigenvalue weighted by Crippen LogP contribution is 2.58. The van der Waals surface area contributed by atoms with Crippen LogP contribution in [-0.4, -0.2) is 0 Å². The minimum absolute atomic E-state index is 0.306.